The summed E-state index contributed by atoms with van der Waals surface area (Å²) in [5.41, 5.74) is 1.61. The van der Waals surface area contributed by atoms with E-state index in [4.69, 9.17) is 0 Å². The van der Waals surface area contributed by atoms with Crippen LogP contribution in [0, 0.1) is 5.41 Å². The maximum Gasteiger partial charge on any atom is 0.0237 e. The van der Waals surface area contributed by atoms with Gasteiger partial charge < -0.3 is 0 Å². The molecular formula is C13H20OS. The Labute approximate surface area is 95.4 Å². The minimum absolute atomic E-state index is 0.243. The van der Waals surface area contributed by atoms with Crippen molar-refractivity contribution in [1.82, 2.24) is 0 Å². The predicted octanol–water partition coefficient (Wildman–Crippen LogP) is 3.02. The molecule has 0 amide bonds. The molecule has 0 saturated heterocycles. The minimum Gasteiger partial charge on any atom is -0.260 e. The van der Waals surface area contributed by atoms with E-state index in [1.165, 1.54) is 5.56 Å². The second-order valence-electron chi connectivity index (χ2n) is 4.85. The molecular weight excluding hydrogens is 204 g/mol. The van der Waals surface area contributed by atoms with Crippen LogP contribution in [0.5, 0.6) is 0 Å². The maximum absolute atomic E-state index is 11.1. The summed E-state index contributed by atoms with van der Waals surface area (Å²) in [6.07, 6.45) is 3.86. The van der Waals surface area contributed by atoms with E-state index in [0.29, 0.717) is 0 Å². The third-order valence-electron chi connectivity index (χ3n) is 2.59. The molecule has 1 unspecified atom stereocenters. The van der Waals surface area contributed by atoms with E-state index in [0.717, 1.165) is 18.6 Å². The van der Waals surface area contributed by atoms with Crippen molar-refractivity contribution in [3.05, 3.63) is 35.9 Å². The Morgan fingerprint density at radius 1 is 1.20 bits per heavy atom. The molecule has 15 heavy (non-hydrogen) atoms. The van der Waals surface area contributed by atoms with Crippen molar-refractivity contribution in [3.63, 3.8) is 0 Å². The third kappa shape index (κ3) is 5.12. The van der Waals surface area contributed by atoms with Crippen molar-refractivity contribution >= 4 is 10.8 Å². The lowest BCUT2D eigenvalue weighted by atomic mass is 9.83. The molecule has 0 aliphatic rings. The van der Waals surface area contributed by atoms with Gasteiger partial charge in [-0.3, -0.25) is 4.21 Å². The Morgan fingerprint density at radius 3 is 2.33 bits per heavy atom. The number of hydrogen-bond donors (Lipinski definition) is 0. The molecule has 0 fully saturated rings. The summed E-state index contributed by atoms with van der Waals surface area (Å²) in [4.78, 5) is 0. The van der Waals surface area contributed by atoms with Gasteiger partial charge in [0.1, 0.15) is 0 Å². The van der Waals surface area contributed by atoms with Gasteiger partial charge in [0.25, 0.3) is 0 Å². The highest BCUT2D eigenvalue weighted by molar-refractivity contribution is 7.84. The van der Waals surface area contributed by atoms with Crippen molar-refractivity contribution in [2.45, 2.75) is 26.7 Å². The average Bonchev–Trinajstić information content (AvgIpc) is 2.16. The lowest BCUT2D eigenvalue weighted by Gasteiger charge is -2.24. The fraction of sp³-hybridized carbons (Fsp3) is 0.538. The molecule has 0 heterocycles. The van der Waals surface area contributed by atoms with Crippen LogP contribution in [0.2, 0.25) is 0 Å². The quantitative estimate of drug-likeness (QED) is 0.751. The van der Waals surface area contributed by atoms with Crippen LogP contribution >= 0.6 is 0 Å². The minimum atomic E-state index is -0.670. The zero-order valence-corrected chi connectivity index (χ0v) is 10.6. The van der Waals surface area contributed by atoms with Crippen molar-refractivity contribution in [2.24, 2.45) is 5.41 Å². The smallest absolute Gasteiger partial charge is 0.0237 e. The first-order valence-corrected chi connectivity index (χ1v) is 7.06. The van der Waals surface area contributed by atoms with Crippen LogP contribution in [0.15, 0.2) is 30.3 Å². The molecule has 0 radical (unpaired) electrons. The summed E-state index contributed by atoms with van der Waals surface area (Å²) >= 11 is 0. The number of benzene rings is 1. The monoisotopic (exact) mass is 224 g/mol. The van der Waals surface area contributed by atoms with Crippen LogP contribution in [0.4, 0.5) is 0 Å². The molecule has 84 valence electrons. The van der Waals surface area contributed by atoms with Gasteiger partial charge in [-0.25, -0.2) is 0 Å². The molecule has 2 heteroatoms. The number of rotatable bonds is 5. The summed E-state index contributed by atoms with van der Waals surface area (Å²) < 4.78 is 11.1. The normalized spacial score (nSPS) is 13.8. The highest BCUT2D eigenvalue weighted by Gasteiger charge is 2.18. The molecule has 1 atom stereocenters. The highest BCUT2D eigenvalue weighted by atomic mass is 32.2. The molecule has 0 spiro atoms. The van der Waals surface area contributed by atoms with E-state index in [9.17, 15) is 4.21 Å². The van der Waals surface area contributed by atoms with Gasteiger partial charge in [0.15, 0.2) is 0 Å². The second-order valence-corrected chi connectivity index (χ2v) is 6.41. The summed E-state index contributed by atoms with van der Waals surface area (Å²) in [6.45, 7) is 4.49. The highest BCUT2D eigenvalue weighted by Crippen LogP contribution is 2.25. The first-order valence-electron chi connectivity index (χ1n) is 5.33. The lowest BCUT2D eigenvalue weighted by molar-refractivity contribution is 0.351. The SMILES string of the molecule is CS(=O)CCC(C)(C)Cc1ccccc1. The predicted molar refractivity (Wildman–Crippen MR) is 67.5 cm³/mol. The zero-order valence-electron chi connectivity index (χ0n) is 9.82. The Hall–Kier alpha value is -0.630. The molecule has 0 N–H and O–H groups in total. The van der Waals surface area contributed by atoms with Gasteiger partial charge in [-0.2, -0.15) is 0 Å². The molecule has 0 bridgehead atoms. The van der Waals surface area contributed by atoms with Crippen molar-refractivity contribution in [2.75, 3.05) is 12.0 Å². The van der Waals surface area contributed by atoms with Crippen molar-refractivity contribution < 1.29 is 4.21 Å². The Morgan fingerprint density at radius 2 is 1.80 bits per heavy atom. The summed E-state index contributed by atoms with van der Waals surface area (Å²) in [5.74, 6) is 0.805. The van der Waals surface area contributed by atoms with E-state index in [1.54, 1.807) is 6.26 Å². The van der Waals surface area contributed by atoms with Gasteiger partial charge in [0.05, 0.1) is 0 Å². The third-order valence-corrected chi connectivity index (χ3v) is 3.37. The fourth-order valence-corrected chi connectivity index (χ4v) is 2.50. The topological polar surface area (TPSA) is 17.1 Å². The van der Waals surface area contributed by atoms with E-state index in [-0.39, 0.29) is 5.41 Å². The molecule has 1 aromatic rings. The molecule has 0 aliphatic heterocycles. The Balaban J connectivity index is 2.52. The van der Waals surface area contributed by atoms with Crippen LogP contribution in [0.25, 0.3) is 0 Å². The van der Waals surface area contributed by atoms with E-state index in [2.05, 4.69) is 38.1 Å². The van der Waals surface area contributed by atoms with Crippen LogP contribution in [0.1, 0.15) is 25.8 Å². The first kappa shape index (κ1) is 12.4. The standard InChI is InChI=1S/C13H20OS/c1-13(2,9-10-15(3)14)11-12-7-5-4-6-8-12/h4-8H,9-11H2,1-3H3. The molecule has 0 saturated carbocycles. The molecule has 0 aliphatic carbocycles. The summed E-state index contributed by atoms with van der Waals surface area (Å²) in [5, 5.41) is 0. The van der Waals surface area contributed by atoms with Gasteiger partial charge in [-0.15, -0.1) is 0 Å². The maximum atomic E-state index is 11.1. The van der Waals surface area contributed by atoms with Gasteiger partial charge in [0.2, 0.25) is 0 Å². The molecule has 0 aromatic heterocycles. The summed E-state index contributed by atoms with van der Waals surface area (Å²) in [6, 6.07) is 10.5. The van der Waals surface area contributed by atoms with E-state index >= 15 is 0 Å². The van der Waals surface area contributed by atoms with Crippen LogP contribution in [-0.2, 0) is 17.2 Å². The lowest BCUT2D eigenvalue weighted by Crippen LogP contribution is -2.18. The zero-order chi connectivity index (χ0) is 11.3. The van der Waals surface area contributed by atoms with Gasteiger partial charge >= 0.3 is 0 Å². The van der Waals surface area contributed by atoms with Gasteiger partial charge in [0, 0.05) is 22.8 Å². The largest absolute Gasteiger partial charge is 0.260 e. The fourth-order valence-electron chi connectivity index (χ4n) is 1.66. The van der Waals surface area contributed by atoms with Gasteiger partial charge in [-0.05, 0) is 23.8 Å². The van der Waals surface area contributed by atoms with Crippen LogP contribution in [0.3, 0.4) is 0 Å². The van der Waals surface area contributed by atoms with E-state index < -0.39 is 10.8 Å². The molecule has 1 aromatic carbocycles. The van der Waals surface area contributed by atoms with Crippen molar-refractivity contribution in [1.29, 1.82) is 0 Å². The Bertz CT molecular complexity index is 317. The summed E-state index contributed by atoms with van der Waals surface area (Å²) in [7, 11) is -0.670. The van der Waals surface area contributed by atoms with Gasteiger partial charge in [-0.1, -0.05) is 44.2 Å². The van der Waals surface area contributed by atoms with E-state index in [1.807, 2.05) is 6.07 Å². The first-order chi connectivity index (χ1) is 6.99. The van der Waals surface area contributed by atoms with Crippen molar-refractivity contribution in [3.8, 4) is 0 Å². The molecule has 1 nitrogen and oxygen atoms in total. The Kier molecular flexibility index (Phi) is 4.52. The van der Waals surface area contributed by atoms with Crippen LogP contribution in [-0.4, -0.2) is 16.2 Å². The average molecular weight is 224 g/mol. The molecule has 1 rings (SSSR count). The second kappa shape index (κ2) is 5.45. The van der Waals surface area contributed by atoms with Crippen LogP contribution < -0.4 is 0 Å². The number of hydrogen-bond acceptors (Lipinski definition) is 1.